The van der Waals surface area contributed by atoms with Gasteiger partial charge < -0.3 is 4.90 Å². The van der Waals surface area contributed by atoms with E-state index in [0.29, 0.717) is 23.9 Å². The molecule has 1 aliphatic rings. The van der Waals surface area contributed by atoms with Gasteiger partial charge in [0.2, 0.25) is 5.78 Å². The third kappa shape index (κ3) is 4.79. The third-order valence-corrected chi connectivity index (χ3v) is 6.20. The number of rotatable bonds is 6. The molecule has 0 N–H and O–H groups in total. The number of alkyl halides is 3. The first-order chi connectivity index (χ1) is 14.0. The SMILES string of the molecule is CC1(C)C(C(=O)C=O)N(c2ccc(SC(F)(F)F)cc2)CN1Cc1ccncc1Cl. The Hall–Kier alpha value is -2.10. The average molecular weight is 458 g/mol. The van der Waals surface area contributed by atoms with Gasteiger partial charge in [-0.3, -0.25) is 19.5 Å². The molecule has 0 amide bonds. The molecule has 1 saturated heterocycles. The lowest BCUT2D eigenvalue weighted by Crippen LogP contribution is -2.51. The number of halogens is 4. The molecule has 0 aliphatic carbocycles. The maximum absolute atomic E-state index is 12.6. The number of carbonyl (C=O) groups is 2. The first-order valence-electron chi connectivity index (χ1n) is 8.98. The van der Waals surface area contributed by atoms with Gasteiger partial charge in [-0.15, -0.1) is 0 Å². The second-order valence-electron chi connectivity index (χ2n) is 7.39. The van der Waals surface area contributed by atoms with E-state index in [2.05, 4.69) is 4.98 Å². The van der Waals surface area contributed by atoms with E-state index >= 15 is 0 Å². The summed E-state index contributed by atoms with van der Waals surface area (Å²) in [4.78, 5) is 31.6. The molecule has 0 saturated carbocycles. The summed E-state index contributed by atoms with van der Waals surface area (Å²) in [6, 6.07) is 6.74. The van der Waals surface area contributed by atoms with Gasteiger partial charge in [-0.05, 0) is 61.5 Å². The van der Waals surface area contributed by atoms with Crippen LogP contribution in [0.2, 0.25) is 5.02 Å². The molecule has 1 fully saturated rings. The minimum Gasteiger partial charge on any atom is -0.346 e. The zero-order valence-corrected chi connectivity index (χ0v) is 17.8. The average Bonchev–Trinajstić information content (AvgIpc) is 2.93. The number of nitrogens with zero attached hydrogens (tertiary/aromatic N) is 3. The molecular formula is C20H19ClF3N3O2S. The zero-order valence-electron chi connectivity index (χ0n) is 16.2. The molecule has 1 aromatic heterocycles. The Morgan fingerprint density at radius 2 is 1.97 bits per heavy atom. The van der Waals surface area contributed by atoms with Crippen LogP contribution >= 0.6 is 23.4 Å². The lowest BCUT2D eigenvalue weighted by molar-refractivity contribution is -0.131. The van der Waals surface area contributed by atoms with Gasteiger partial charge in [0.25, 0.3) is 0 Å². The number of carbonyl (C=O) groups excluding carboxylic acids is 2. The smallest absolute Gasteiger partial charge is 0.346 e. The van der Waals surface area contributed by atoms with Crippen LogP contribution in [-0.2, 0) is 16.1 Å². The Kier molecular flexibility index (Phi) is 6.45. The highest BCUT2D eigenvalue weighted by Crippen LogP contribution is 2.40. The van der Waals surface area contributed by atoms with Crippen molar-refractivity contribution in [1.29, 1.82) is 0 Å². The van der Waals surface area contributed by atoms with Crippen molar-refractivity contribution in [2.45, 2.75) is 42.4 Å². The summed E-state index contributed by atoms with van der Waals surface area (Å²) in [6.45, 7) is 4.40. The summed E-state index contributed by atoms with van der Waals surface area (Å²) in [7, 11) is 0. The predicted molar refractivity (Wildman–Crippen MR) is 109 cm³/mol. The number of hydrogen-bond donors (Lipinski definition) is 0. The van der Waals surface area contributed by atoms with Gasteiger partial charge in [-0.25, -0.2) is 0 Å². The van der Waals surface area contributed by atoms with E-state index in [4.69, 9.17) is 11.6 Å². The Bertz CT molecular complexity index is 938. The fourth-order valence-electron chi connectivity index (χ4n) is 3.63. The van der Waals surface area contributed by atoms with Crippen LogP contribution in [0.5, 0.6) is 0 Å². The minimum atomic E-state index is -4.38. The standard InChI is InChI=1S/C20H19ClF3N3O2S/c1-19(2)18(17(29)11-28)27(12-26(19)10-13-7-8-25-9-16(13)21)14-3-5-15(6-4-14)30-20(22,23)24/h3-9,11,18H,10,12H2,1-2H3. The second kappa shape index (κ2) is 8.56. The van der Waals surface area contributed by atoms with E-state index in [9.17, 15) is 22.8 Å². The number of aldehydes is 1. The summed E-state index contributed by atoms with van der Waals surface area (Å²) in [5, 5.41) is 0.485. The highest BCUT2D eigenvalue weighted by atomic mass is 35.5. The van der Waals surface area contributed by atoms with E-state index < -0.39 is 22.9 Å². The molecule has 0 radical (unpaired) electrons. The molecule has 1 aromatic carbocycles. The van der Waals surface area contributed by atoms with Crippen LogP contribution in [0.3, 0.4) is 0 Å². The molecule has 1 atom stereocenters. The Morgan fingerprint density at radius 1 is 1.30 bits per heavy atom. The van der Waals surface area contributed by atoms with Crippen molar-refractivity contribution in [1.82, 2.24) is 9.88 Å². The van der Waals surface area contributed by atoms with Gasteiger partial charge in [0.1, 0.15) is 6.04 Å². The highest BCUT2D eigenvalue weighted by molar-refractivity contribution is 8.00. The molecule has 0 spiro atoms. The summed E-state index contributed by atoms with van der Waals surface area (Å²) in [5.74, 6) is -0.600. The summed E-state index contributed by atoms with van der Waals surface area (Å²) >= 11 is 6.02. The van der Waals surface area contributed by atoms with Crippen LogP contribution in [0.15, 0.2) is 47.6 Å². The molecule has 1 aliphatic heterocycles. The number of thioether (sulfide) groups is 1. The Labute approximate surface area is 181 Å². The number of anilines is 1. The zero-order chi connectivity index (χ0) is 22.1. The molecule has 160 valence electrons. The number of hydrogen-bond acceptors (Lipinski definition) is 6. The number of aromatic nitrogens is 1. The van der Waals surface area contributed by atoms with Crippen molar-refractivity contribution >= 4 is 41.1 Å². The second-order valence-corrected chi connectivity index (χ2v) is 8.94. The van der Waals surface area contributed by atoms with Crippen molar-refractivity contribution < 1.29 is 22.8 Å². The summed E-state index contributed by atoms with van der Waals surface area (Å²) < 4.78 is 37.8. The van der Waals surface area contributed by atoms with Gasteiger partial charge in [-0.1, -0.05) is 11.6 Å². The van der Waals surface area contributed by atoms with Crippen molar-refractivity contribution in [3.05, 3.63) is 53.3 Å². The van der Waals surface area contributed by atoms with E-state index in [-0.39, 0.29) is 22.9 Å². The fraction of sp³-hybridized carbons (Fsp3) is 0.350. The molecular weight excluding hydrogens is 439 g/mol. The van der Waals surface area contributed by atoms with E-state index in [1.807, 2.05) is 18.7 Å². The van der Waals surface area contributed by atoms with Crippen LogP contribution in [0.1, 0.15) is 19.4 Å². The van der Waals surface area contributed by atoms with Crippen LogP contribution < -0.4 is 4.90 Å². The Morgan fingerprint density at radius 3 is 2.53 bits per heavy atom. The predicted octanol–water partition coefficient (Wildman–Crippen LogP) is 4.54. The highest BCUT2D eigenvalue weighted by Gasteiger charge is 2.50. The Balaban J connectivity index is 1.91. The molecule has 2 heterocycles. The van der Waals surface area contributed by atoms with Crippen molar-refractivity contribution in [3.63, 3.8) is 0 Å². The maximum atomic E-state index is 12.6. The molecule has 10 heteroatoms. The molecule has 30 heavy (non-hydrogen) atoms. The maximum Gasteiger partial charge on any atom is 0.446 e. The topological polar surface area (TPSA) is 53.5 Å². The van der Waals surface area contributed by atoms with Gasteiger partial charge in [0.05, 0.1) is 11.7 Å². The number of Topliss-reactive ketones (excluding diaryl/α,β-unsaturated/α-hetero) is 1. The normalized spacial score (nSPS) is 19.1. The van der Waals surface area contributed by atoms with Crippen LogP contribution in [0.25, 0.3) is 0 Å². The molecule has 1 unspecified atom stereocenters. The lowest BCUT2D eigenvalue weighted by atomic mass is 9.90. The molecule has 3 rings (SSSR count). The number of ketones is 1. The van der Waals surface area contributed by atoms with Gasteiger partial charge in [-0.2, -0.15) is 13.2 Å². The van der Waals surface area contributed by atoms with E-state index in [1.54, 1.807) is 17.2 Å². The summed E-state index contributed by atoms with van der Waals surface area (Å²) in [6.07, 6.45) is 3.44. The van der Waals surface area contributed by atoms with E-state index in [0.717, 1.165) is 5.56 Å². The van der Waals surface area contributed by atoms with Crippen LogP contribution in [-0.4, -0.2) is 45.7 Å². The molecule has 0 bridgehead atoms. The first kappa shape index (κ1) is 22.6. The van der Waals surface area contributed by atoms with Gasteiger partial charge in [0.15, 0.2) is 6.29 Å². The van der Waals surface area contributed by atoms with Crippen LogP contribution in [0, 0.1) is 0 Å². The van der Waals surface area contributed by atoms with Gasteiger partial charge >= 0.3 is 5.51 Å². The largest absolute Gasteiger partial charge is 0.446 e. The van der Waals surface area contributed by atoms with Gasteiger partial charge in [0, 0.05) is 35.1 Å². The first-order valence-corrected chi connectivity index (χ1v) is 10.2. The van der Waals surface area contributed by atoms with Crippen molar-refractivity contribution in [3.8, 4) is 0 Å². The summed E-state index contributed by atoms with van der Waals surface area (Å²) in [5.41, 5.74) is -3.74. The monoisotopic (exact) mass is 457 g/mol. The third-order valence-electron chi connectivity index (χ3n) is 5.12. The quantitative estimate of drug-likeness (QED) is 0.360. The van der Waals surface area contributed by atoms with Crippen LogP contribution in [0.4, 0.5) is 18.9 Å². The molecule has 5 nitrogen and oxygen atoms in total. The number of pyridine rings is 1. The fourth-order valence-corrected chi connectivity index (χ4v) is 4.35. The van der Waals surface area contributed by atoms with E-state index in [1.165, 1.54) is 30.5 Å². The number of benzene rings is 1. The lowest BCUT2D eigenvalue weighted by Gasteiger charge is -2.34. The van der Waals surface area contributed by atoms with Crippen molar-refractivity contribution in [2.24, 2.45) is 0 Å². The molecule has 2 aromatic rings. The minimum absolute atomic E-state index is 0.0448. The van der Waals surface area contributed by atoms with Crippen molar-refractivity contribution in [2.75, 3.05) is 11.6 Å².